The van der Waals surface area contributed by atoms with Gasteiger partial charge in [0, 0.05) is 6.92 Å². The van der Waals surface area contributed by atoms with Gasteiger partial charge in [0.2, 0.25) is 0 Å². The van der Waals surface area contributed by atoms with Crippen LogP contribution in [0, 0.1) is 17.3 Å². The Morgan fingerprint density at radius 1 is 1.17 bits per heavy atom. The quantitative estimate of drug-likeness (QED) is 0.607. The first kappa shape index (κ1) is 21.6. The van der Waals surface area contributed by atoms with Crippen LogP contribution in [0.4, 0.5) is 0 Å². The second-order valence-corrected chi connectivity index (χ2v) is 10.2. The molecular weight excluding hydrogens is 376 g/mol. The highest BCUT2D eigenvalue weighted by Gasteiger charge is 2.72. The Labute approximate surface area is 181 Å². The van der Waals surface area contributed by atoms with Gasteiger partial charge in [0.05, 0.1) is 29.3 Å². The molecule has 3 aliphatic rings. The minimum absolute atomic E-state index is 0.00875. The third-order valence-corrected chi connectivity index (χ3v) is 8.20. The van der Waals surface area contributed by atoms with Gasteiger partial charge in [-0.1, -0.05) is 56.3 Å². The zero-order valence-electron chi connectivity index (χ0n) is 19.0. The molecule has 1 heterocycles. The molecule has 6 atom stereocenters. The van der Waals surface area contributed by atoms with Crippen LogP contribution in [0.25, 0.3) is 6.08 Å². The van der Waals surface area contributed by atoms with E-state index in [2.05, 4.69) is 52.0 Å². The SMILES string of the molecule is CC(=O)OC1CCC(C)C23CC(CC(OCC=Cc4ccccc4)C12C)C(C)(C)O3. The highest BCUT2D eigenvalue weighted by atomic mass is 16.6. The third kappa shape index (κ3) is 3.42. The average Bonchev–Trinajstić information content (AvgIpc) is 2.93. The van der Waals surface area contributed by atoms with E-state index in [1.807, 2.05) is 18.2 Å². The van der Waals surface area contributed by atoms with E-state index in [1.165, 1.54) is 12.5 Å². The van der Waals surface area contributed by atoms with Crippen LogP contribution in [0.2, 0.25) is 0 Å². The van der Waals surface area contributed by atoms with Gasteiger partial charge in [-0.25, -0.2) is 0 Å². The molecule has 6 unspecified atom stereocenters. The molecule has 30 heavy (non-hydrogen) atoms. The first-order chi connectivity index (χ1) is 14.2. The maximum atomic E-state index is 11.9. The Bertz CT molecular complexity index is 801. The van der Waals surface area contributed by atoms with Gasteiger partial charge in [-0.05, 0) is 56.9 Å². The van der Waals surface area contributed by atoms with Crippen molar-refractivity contribution in [2.75, 3.05) is 6.61 Å². The van der Waals surface area contributed by atoms with Gasteiger partial charge in [0.15, 0.2) is 0 Å². The van der Waals surface area contributed by atoms with Crippen molar-refractivity contribution in [2.24, 2.45) is 17.3 Å². The molecule has 1 spiro atoms. The zero-order valence-corrected chi connectivity index (χ0v) is 19.0. The van der Waals surface area contributed by atoms with Crippen molar-refractivity contribution in [3.05, 3.63) is 42.0 Å². The van der Waals surface area contributed by atoms with Crippen molar-refractivity contribution in [1.82, 2.24) is 0 Å². The minimum atomic E-state index is -0.360. The van der Waals surface area contributed by atoms with Crippen molar-refractivity contribution in [3.8, 4) is 0 Å². The highest BCUT2D eigenvalue weighted by molar-refractivity contribution is 5.66. The molecule has 164 valence electrons. The van der Waals surface area contributed by atoms with Crippen LogP contribution in [0.15, 0.2) is 36.4 Å². The summed E-state index contributed by atoms with van der Waals surface area (Å²) in [7, 11) is 0. The van der Waals surface area contributed by atoms with E-state index in [1.54, 1.807) is 0 Å². The summed E-state index contributed by atoms with van der Waals surface area (Å²) in [5, 5.41) is 0. The van der Waals surface area contributed by atoms with Gasteiger partial charge in [-0.2, -0.15) is 0 Å². The molecule has 3 fully saturated rings. The van der Waals surface area contributed by atoms with E-state index in [4.69, 9.17) is 14.2 Å². The second-order valence-electron chi connectivity index (χ2n) is 10.2. The Morgan fingerprint density at radius 2 is 1.90 bits per heavy atom. The topological polar surface area (TPSA) is 44.8 Å². The molecular formula is C26H36O4. The molecule has 0 amide bonds. The summed E-state index contributed by atoms with van der Waals surface area (Å²) in [6.07, 6.45) is 7.84. The lowest BCUT2D eigenvalue weighted by molar-refractivity contribution is -0.264. The number of esters is 1. The molecule has 0 aromatic heterocycles. The monoisotopic (exact) mass is 412 g/mol. The molecule has 1 aromatic rings. The van der Waals surface area contributed by atoms with E-state index in [0.717, 1.165) is 25.7 Å². The number of carbonyl (C=O) groups excluding carboxylic acids is 1. The maximum Gasteiger partial charge on any atom is 0.302 e. The summed E-state index contributed by atoms with van der Waals surface area (Å²) in [4.78, 5) is 11.9. The molecule has 1 aromatic carbocycles. The summed E-state index contributed by atoms with van der Waals surface area (Å²) < 4.78 is 19.4. The van der Waals surface area contributed by atoms with E-state index >= 15 is 0 Å². The van der Waals surface area contributed by atoms with Crippen molar-refractivity contribution in [1.29, 1.82) is 0 Å². The molecule has 4 heteroatoms. The average molecular weight is 413 g/mol. The number of hydrogen-bond acceptors (Lipinski definition) is 4. The Kier molecular flexibility index (Phi) is 5.61. The van der Waals surface area contributed by atoms with Gasteiger partial charge >= 0.3 is 5.97 Å². The van der Waals surface area contributed by atoms with Crippen LogP contribution < -0.4 is 0 Å². The minimum Gasteiger partial charge on any atom is -0.462 e. The smallest absolute Gasteiger partial charge is 0.302 e. The van der Waals surface area contributed by atoms with E-state index in [-0.39, 0.29) is 34.8 Å². The summed E-state index contributed by atoms with van der Waals surface area (Å²) in [6.45, 7) is 11.0. The van der Waals surface area contributed by atoms with E-state index < -0.39 is 0 Å². The normalized spacial score (nSPS) is 39.6. The number of rotatable bonds is 5. The maximum absolute atomic E-state index is 11.9. The Hall–Kier alpha value is -1.65. The van der Waals surface area contributed by atoms with Gasteiger partial charge in [-0.15, -0.1) is 0 Å². The zero-order chi connectivity index (χ0) is 21.6. The second kappa shape index (κ2) is 7.80. The summed E-state index contributed by atoms with van der Waals surface area (Å²) in [6, 6.07) is 10.3. The van der Waals surface area contributed by atoms with Gasteiger partial charge in [0.1, 0.15) is 6.10 Å². The van der Waals surface area contributed by atoms with Crippen molar-refractivity contribution >= 4 is 12.0 Å². The first-order valence-corrected chi connectivity index (χ1v) is 11.4. The third-order valence-electron chi connectivity index (χ3n) is 8.20. The van der Waals surface area contributed by atoms with E-state index in [0.29, 0.717) is 18.4 Å². The summed E-state index contributed by atoms with van der Waals surface area (Å²) >= 11 is 0. The Morgan fingerprint density at radius 3 is 2.60 bits per heavy atom. The molecule has 2 saturated carbocycles. The number of carbonyl (C=O) groups is 1. The van der Waals surface area contributed by atoms with E-state index in [9.17, 15) is 4.79 Å². The molecule has 1 aliphatic heterocycles. The first-order valence-electron chi connectivity index (χ1n) is 11.4. The lowest BCUT2D eigenvalue weighted by Crippen LogP contribution is -2.67. The van der Waals surface area contributed by atoms with Crippen molar-refractivity contribution in [2.45, 2.75) is 83.7 Å². The summed E-state index contributed by atoms with van der Waals surface area (Å²) in [5.74, 6) is 0.644. The Balaban J connectivity index is 1.61. The standard InChI is InChI=1S/C26H36O4/c1-18-13-14-22(29-19(2)27)25(5)23(16-21-17-26(18,25)30-24(21,3)4)28-15-9-12-20-10-7-6-8-11-20/h6-12,18,21-23H,13-17H2,1-5H3. The predicted molar refractivity (Wildman–Crippen MR) is 118 cm³/mol. The molecule has 1 saturated heterocycles. The lowest BCUT2D eigenvalue weighted by Gasteiger charge is -2.60. The fourth-order valence-electron chi connectivity index (χ4n) is 6.47. The van der Waals surface area contributed by atoms with Gasteiger partial charge < -0.3 is 14.2 Å². The molecule has 2 aliphatic carbocycles. The number of fused-ring (bicyclic) bond motifs is 1. The van der Waals surface area contributed by atoms with Crippen LogP contribution in [-0.2, 0) is 19.0 Å². The molecule has 0 N–H and O–H groups in total. The predicted octanol–water partition coefficient (Wildman–Crippen LogP) is 5.41. The molecule has 0 radical (unpaired) electrons. The molecule has 4 nitrogen and oxygen atoms in total. The number of benzene rings is 1. The largest absolute Gasteiger partial charge is 0.462 e. The van der Waals surface area contributed by atoms with Gasteiger partial charge in [0.25, 0.3) is 0 Å². The fraction of sp³-hybridized carbons (Fsp3) is 0.654. The van der Waals surface area contributed by atoms with Crippen molar-refractivity contribution < 1.29 is 19.0 Å². The molecule has 4 rings (SSSR count). The van der Waals surface area contributed by atoms with Crippen LogP contribution in [0.3, 0.4) is 0 Å². The number of ether oxygens (including phenoxy) is 3. The van der Waals surface area contributed by atoms with Gasteiger partial charge in [-0.3, -0.25) is 4.79 Å². The van der Waals surface area contributed by atoms with Crippen LogP contribution in [0.5, 0.6) is 0 Å². The number of hydrogen-bond donors (Lipinski definition) is 0. The fourth-order valence-corrected chi connectivity index (χ4v) is 6.47. The van der Waals surface area contributed by atoms with Crippen LogP contribution in [0.1, 0.15) is 65.9 Å². The van der Waals surface area contributed by atoms with Crippen molar-refractivity contribution in [3.63, 3.8) is 0 Å². The van der Waals surface area contributed by atoms with Crippen LogP contribution >= 0.6 is 0 Å². The summed E-state index contributed by atoms with van der Waals surface area (Å²) in [5.41, 5.74) is 0.305. The highest BCUT2D eigenvalue weighted by Crippen LogP contribution is 2.66. The molecule has 2 bridgehead atoms. The lowest BCUT2D eigenvalue weighted by atomic mass is 9.50. The van der Waals surface area contributed by atoms with Crippen LogP contribution in [-0.4, -0.2) is 36.0 Å².